The second kappa shape index (κ2) is 8.65. The van der Waals surface area contributed by atoms with Gasteiger partial charge in [-0.3, -0.25) is 4.98 Å². The minimum absolute atomic E-state index is 0.368. The van der Waals surface area contributed by atoms with E-state index in [1.807, 2.05) is 24.5 Å². The van der Waals surface area contributed by atoms with E-state index in [9.17, 15) is 8.42 Å². The zero-order valence-corrected chi connectivity index (χ0v) is 18.6. The molecule has 1 aromatic carbocycles. The van der Waals surface area contributed by atoms with Gasteiger partial charge in [-0.1, -0.05) is 19.9 Å². The monoisotopic (exact) mass is 414 g/mol. The van der Waals surface area contributed by atoms with Crippen LogP contribution in [0.2, 0.25) is 0 Å². The van der Waals surface area contributed by atoms with Gasteiger partial charge in [-0.2, -0.15) is 12.7 Å². The van der Waals surface area contributed by atoms with Gasteiger partial charge in [-0.15, -0.1) is 0 Å². The number of hydrogen-bond donors (Lipinski definition) is 1. The van der Waals surface area contributed by atoms with Crippen LogP contribution < -0.4 is 4.72 Å². The number of nitrogens with one attached hydrogen (secondary N) is 1. The minimum Gasteiger partial charge on any atom is -0.347 e. The zero-order valence-electron chi connectivity index (χ0n) is 17.8. The molecule has 6 nitrogen and oxygen atoms in total. The molecule has 0 fully saturated rings. The Morgan fingerprint density at radius 1 is 1.14 bits per heavy atom. The van der Waals surface area contributed by atoms with Crippen LogP contribution in [-0.2, 0) is 23.2 Å². The molecule has 2 heterocycles. The molecule has 0 unspecified atom stereocenters. The van der Waals surface area contributed by atoms with Crippen molar-refractivity contribution in [2.75, 3.05) is 20.6 Å². The molecule has 0 spiro atoms. The molecule has 0 aliphatic carbocycles. The van der Waals surface area contributed by atoms with Crippen molar-refractivity contribution >= 4 is 21.1 Å². The number of hydrogen-bond acceptors (Lipinski definition) is 3. The van der Waals surface area contributed by atoms with Crippen molar-refractivity contribution in [3.63, 3.8) is 0 Å². The van der Waals surface area contributed by atoms with E-state index < -0.39 is 10.2 Å². The van der Waals surface area contributed by atoms with Crippen LogP contribution >= 0.6 is 0 Å². The zero-order chi connectivity index (χ0) is 21.2. The quantitative estimate of drug-likeness (QED) is 0.612. The summed E-state index contributed by atoms with van der Waals surface area (Å²) in [5.74, 6) is 0.510. The maximum absolute atomic E-state index is 12.0. The molecular weight excluding hydrogens is 384 g/mol. The summed E-state index contributed by atoms with van der Waals surface area (Å²) in [6, 6.07) is 8.47. The lowest BCUT2D eigenvalue weighted by molar-refractivity contribution is 0.506. The van der Waals surface area contributed by atoms with E-state index in [2.05, 4.69) is 53.4 Å². The summed E-state index contributed by atoms with van der Waals surface area (Å²) < 4.78 is 30.2. The fourth-order valence-electron chi connectivity index (χ4n) is 3.62. The molecule has 3 aromatic rings. The standard InChI is InChI=1S/C22H30N4O2S/c1-16(2)14-26-15-19(8-11-24-29(27,28)25(4)5)22-17(3)12-20(13-21(22)26)18-6-9-23-10-7-18/h6-7,9-10,12-13,15-16,24H,8,11,14H2,1-5H3. The Kier molecular flexibility index (Phi) is 6.41. The van der Waals surface area contributed by atoms with Crippen LogP contribution in [0.25, 0.3) is 22.0 Å². The Bertz CT molecular complexity index is 1090. The fourth-order valence-corrected chi connectivity index (χ4v) is 4.24. The van der Waals surface area contributed by atoms with Crippen molar-refractivity contribution in [1.82, 2.24) is 18.6 Å². The maximum Gasteiger partial charge on any atom is 0.278 e. The second-order valence-corrected chi connectivity index (χ2v) is 10.0. The SMILES string of the molecule is Cc1cc(-c2ccncc2)cc2c1c(CCNS(=O)(=O)N(C)C)cn2CC(C)C. The number of aryl methyl sites for hydroxylation is 1. The Morgan fingerprint density at radius 2 is 1.83 bits per heavy atom. The van der Waals surface area contributed by atoms with E-state index in [0.29, 0.717) is 18.9 Å². The summed E-state index contributed by atoms with van der Waals surface area (Å²) in [7, 11) is -0.357. The van der Waals surface area contributed by atoms with Crippen molar-refractivity contribution in [2.45, 2.75) is 33.7 Å². The van der Waals surface area contributed by atoms with Crippen molar-refractivity contribution in [2.24, 2.45) is 5.92 Å². The first-order chi connectivity index (χ1) is 13.7. The minimum atomic E-state index is -3.42. The molecule has 0 saturated heterocycles. The lowest BCUT2D eigenvalue weighted by Crippen LogP contribution is -2.36. The van der Waals surface area contributed by atoms with Gasteiger partial charge in [0.1, 0.15) is 0 Å². The first-order valence-corrected chi connectivity index (χ1v) is 11.3. The molecule has 29 heavy (non-hydrogen) atoms. The molecule has 0 saturated carbocycles. The number of nitrogens with zero attached hydrogens (tertiary/aromatic N) is 3. The maximum atomic E-state index is 12.0. The van der Waals surface area contributed by atoms with Gasteiger partial charge in [-0.05, 0) is 59.7 Å². The molecule has 3 rings (SSSR count). The van der Waals surface area contributed by atoms with E-state index in [0.717, 1.165) is 12.1 Å². The smallest absolute Gasteiger partial charge is 0.278 e. The molecule has 0 radical (unpaired) electrons. The summed E-state index contributed by atoms with van der Waals surface area (Å²) in [4.78, 5) is 4.12. The van der Waals surface area contributed by atoms with Crippen molar-refractivity contribution in [1.29, 1.82) is 0 Å². The van der Waals surface area contributed by atoms with Gasteiger partial charge in [0.25, 0.3) is 10.2 Å². The van der Waals surface area contributed by atoms with Crippen LogP contribution in [0.5, 0.6) is 0 Å². The van der Waals surface area contributed by atoms with Gasteiger partial charge >= 0.3 is 0 Å². The van der Waals surface area contributed by atoms with Gasteiger partial charge in [0.15, 0.2) is 0 Å². The van der Waals surface area contributed by atoms with E-state index >= 15 is 0 Å². The lowest BCUT2D eigenvalue weighted by Gasteiger charge is -2.12. The first-order valence-electron chi connectivity index (χ1n) is 9.89. The predicted octanol–water partition coefficient (Wildman–Crippen LogP) is 3.61. The Morgan fingerprint density at radius 3 is 2.45 bits per heavy atom. The van der Waals surface area contributed by atoms with Gasteiger partial charge in [0.05, 0.1) is 0 Å². The van der Waals surface area contributed by atoms with Crippen LogP contribution in [-0.4, -0.2) is 42.9 Å². The van der Waals surface area contributed by atoms with Crippen LogP contribution in [0.3, 0.4) is 0 Å². The van der Waals surface area contributed by atoms with E-state index in [-0.39, 0.29) is 0 Å². The Hall–Kier alpha value is -2.22. The molecule has 0 aliphatic heterocycles. The lowest BCUT2D eigenvalue weighted by atomic mass is 9.99. The fraction of sp³-hybridized carbons (Fsp3) is 0.409. The third-order valence-electron chi connectivity index (χ3n) is 4.99. The molecule has 2 aromatic heterocycles. The highest BCUT2D eigenvalue weighted by molar-refractivity contribution is 7.87. The average Bonchev–Trinajstić information content (AvgIpc) is 2.99. The van der Waals surface area contributed by atoms with E-state index in [4.69, 9.17) is 0 Å². The molecular formula is C22H30N4O2S. The number of fused-ring (bicyclic) bond motifs is 1. The first kappa shape index (κ1) is 21.5. The third-order valence-corrected chi connectivity index (χ3v) is 6.52. The van der Waals surface area contributed by atoms with Crippen LogP contribution in [0.1, 0.15) is 25.0 Å². The van der Waals surface area contributed by atoms with Crippen molar-refractivity contribution < 1.29 is 8.42 Å². The average molecular weight is 415 g/mol. The van der Waals surface area contributed by atoms with Gasteiger partial charge in [0, 0.05) is 56.7 Å². The number of rotatable bonds is 8. The van der Waals surface area contributed by atoms with Gasteiger partial charge < -0.3 is 4.57 Å². The topological polar surface area (TPSA) is 67.2 Å². The second-order valence-electron chi connectivity index (χ2n) is 8.06. The van der Waals surface area contributed by atoms with Crippen molar-refractivity contribution in [3.8, 4) is 11.1 Å². The summed E-state index contributed by atoms with van der Waals surface area (Å²) in [6.07, 6.45) is 6.44. The molecule has 1 N–H and O–H groups in total. The molecule has 0 bridgehead atoms. The number of aromatic nitrogens is 2. The molecule has 156 valence electrons. The molecule has 7 heteroatoms. The summed E-state index contributed by atoms with van der Waals surface area (Å²) >= 11 is 0. The van der Waals surface area contributed by atoms with E-state index in [1.54, 1.807) is 0 Å². The largest absolute Gasteiger partial charge is 0.347 e. The molecule has 0 aliphatic rings. The molecule has 0 amide bonds. The van der Waals surface area contributed by atoms with E-state index in [1.165, 1.54) is 46.0 Å². The molecule has 0 atom stereocenters. The van der Waals surface area contributed by atoms with Crippen molar-refractivity contribution in [3.05, 3.63) is 54.0 Å². The van der Waals surface area contributed by atoms with Crippen LogP contribution in [0.4, 0.5) is 0 Å². The Balaban J connectivity index is 2.00. The predicted molar refractivity (Wildman–Crippen MR) is 119 cm³/mol. The number of benzene rings is 1. The van der Waals surface area contributed by atoms with Crippen LogP contribution in [0.15, 0.2) is 42.9 Å². The Labute approximate surface area is 173 Å². The summed E-state index contributed by atoms with van der Waals surface area (Å²) in [5.41, 5.74) is 5.86. The van der Waals surface area contributed by atoms with Gasteiger partial charge in [0.2, 0.25) is 0 Å². The highest BCUT2D eigenvalue weighted by Gasteiger charge is 2.16. The van der Waals surface area contributed by atoms with Gasteiger partial charge in [-0.25, -0.2) is 4.72 Å². The van der Waals surface area contributed by atoms with Crippen LogP contribution in [0, 0.1) is 12.8 Å². The normalized spacial score (nSPS) is 12.4. The summed E-state index contributed by atoms with van der Waals surface area (Å²) in [6.45, 7) is 7.82. The summed E-state index contributed by atoms with van der Waals surface area (Å²) in [5, 5.41) is 1.22. The highest BCUT2D eigenvalue weighted by Crippen LogP contribution is 2.31. The number of pyridine rings is 1. The highest BCUT2D eigenvalue weighted by atomic mass is 32.2. The third kappa shape index (κ3) is 4.86.